The quantitative estimate of drug-likeness (QED) is 0.461. The molecule has 1 N–H and O–H groups in total. The molecule has 0 aliphatic heterocycles. The molecule has 0 radical (unpaired) electrons. The first-order valence-electron chi connectivity index (χ1n) is 9.65. The van der Waals surface area contributed by atoms with Crippen molar-refractivity contribution < 1.29 is 28.5 Å². The first kappa shape index (κ1) is 22.7. The van der Waals surface area contributed by atoms with Crippen LogP contribution in [0, 0.1) is 0 Å². The van der Waals surface area contributed by atoms with Crippen LogP contribution in [0.1, 0.15) is 6.92 Å². The Morgan fingerprint density at radius 2 is 1.10 bits per heavy atom. The van der Waals surface area contributed by atoms with Gasteiger partial charge in [-0.05, 0) is 36.4 Å². The summed E-state index contributed by atoms with van der Waals surface area (Å²) in [5.41, 5.74) is 0.742. The maximum Gasteiger partial charge on any atom is 0.221 e. The standard InChI is InChI=1S/C22H29NO6/c1-19(24)23-20-7-9-22(10-8-20)29-18-16-27-14-12-25-11-13-26-15-17-28-21-5-3-2-4-6-21/h2-10H,11-18H2,1H3,(H,23,24). The van der Waals surface area contributed by atoms with Gasteiger partial charge in [-0.1, -0.05) is 18.2 Å². The second-order valence-electron chi connectivity index (χ2n) is 6.05. The molecule has 0 aromatic heterocycles. The van der Waals surface area contributed by atoms with E-state index in [1.54, 1.807) is 24.3 Å². The summed E-state index contributed by atoms with van der Waals surface area (Å²) in [5, 5.41) is 2.71. The predicted molar refractivity (Wildman–Crippen MR) is 111 cm³/mol. The van der Waals surface area contributed by atoms with Crippen LogP contribution in [0.2, 0.25) is 0 Å². The molecule has 7 nitrogen and oxygen atoms in total. The number of nitrogens with one attached hydrogen (secondary N) is 1. The normalized spacial score (nSPS) is 10.5. The van der Waals surface area contributed by atoms with Gasteiger partial charge in [-0.2, -0.15) is 0 Å². The maximum atomic E-state index is 11.0. The van der Waals surface area contributed by atoms with Crippen molar-refractivity contribution in [1.29, 1.82) is 0 Å². The number of carbonyl (C=O) groups excluding carboxylic acids is 1. The molecule has 29 heavy (non-hydrogen) atoms. The summed E-state index contributed by atoms with van der Waals surface area (Å²) in [7, 11) is 0. The number of anilines is 1. The Hall–Kier alpha value is -2.61. The highest BCUT2D eigenvalue weighted by atomic mass is 16.6. The molecule has 0 aliphatic carbocycles. The Kier molecular flexibility index (Phi) is 11.3. The van der Waals surface area contributed by atoms with Crippen LogP contribution in [0.25, 0.3) is 0 Å². The monoisotopic (exact) mass is 403 g/mol. The van der Waals surface area contributed by atoms with Gasteiger partial charge in [0.1, 0.15) is 24.7 Å². The van der Waals surface area contributed by atoms with E-state index in [2.05, 4.69) is 5.32 Å². The highest BCUT2D eigenvalue weighted by Crippen LogP contribution is 2.15. The molecule has 0 saturated heterocycles. The maximum absolute atomic E-state index is 11.0. The van der Waals surface area contributed by atoms with E-state index >= 15 is 0 Å². The largest absolute Gasteiger partial charge is 0.491 e. The zero-order chi connectivity index (χ0) is 20.6. The zero-order valence-electron chi connectivity index (χ0n) is 16.8. The van der Waals surface area contributed by atoms with Gasteiger partial charge in [0.15, 0.2) is 0 Å². The molecule has 158 valence electrons. The average molecular weight is 403 g/mol. The molecule has 7 heteroatoms. The SMILES string of the molecule is CC(=O)Nc1ccc(OCCOCCOCCOCCOc2ccccc2)cc1. The fraction of sp³-hybridized carbons (Fsp3) is 0.409. The molecule has 2 aromatic carbocycles. The van der Waals surface area contributed by atoms with Crippen LogP contribution in [0.4, 0.5) is 5.69 Å². The molecule has 2 rings (SSSR count). The topological polar surface area (TPSA) is 75.3 Å². The van der Waals surface area contributed by atoms with Crippen molar-refractivity contribution in [2.24, 2.45) is 0 Å². The lowest BCUT2D eigenvalue weighted by Gasteiger charge is -2.09. The molecule has 0 fully saturated rings. The fourth-order valence-corrected chi connectivity index (χ4v) is 2.33. The summed E-state index contributed by atoms with van der Waals surface area (Å²) >= 11 is 0. The number of carbonyl (C=O) groups is 1. The average Bonchev–Trinajstić information content (AvgIpc) is 2.73. The Balaban J connectivity index is 1.35. The molecule has 2 aromatic rings. The van der Waals surface area contributed by atoms with Gasteiger partial charge in [0.05, 0.1) is 39.6 Å². The van der Waals surface area contributed by atoms with E-state index in [1.165, 1.54) is 6.92 Å². The molecule has 0 heterocycles. The number of hydrogen-bond acceptors (Lipinski definition) is 6. The minimum Gasteiger partial charge on any atom is -0.491 e. The van der Waals surface area contributed by atoms with Gasteiger partial charge in [0, 0.05) is 12.6 Å². The number of hydrogen-bond donors (Lipinski definition) is 1. The van der Waals surface area contributed by atoms with E-state index in [9.17, 15) is 4.79 Å². The van der Waals surface area contributed by atoms with E-state index in [0.717, 1.165) is 17.2 Å². The van der Waals surface area contributed by atoms with Crippen LogP contribution in [-0.4, -0.2) is 58.8 Å². The zero-order valence-corrected chi connectivity index (χ0v) is 16.8. The van der Waals surface area contributed by atoms with Crippen LogP contribution in [0.15, 0.2) is 54.6 Å². The fourth-order valence-electron chi connectivity index (χ4n) is 2.33. The van der Waals surface area contributed by atoms with Crippen LogP contribution in [-0.2, 0) is 19.0 Å². The van der Waals surface area contributed by atoms with Gasteiger partial charge in [0.25, 0.3) is 0 Å². The lowest BCUT2D eigenvalue weighted by Crippen LogP contribution is -2.14. The molecule has 0 aliphatic rings. The smallest absolute Gasteiger partial charge is 0.221 e. The highest BCUT2D eigenvalue weighted by molar-refractivity contribution is 5.88. The third-order valence-corrected chi connectivity index (χ3v) is 3.65. The second kappa shape index (κ2) is 14.4. The molecule has 0 atom stereocenters. The van der Waals surface area contributed by atoms with E-state index in [0.29, 0.717) is 52.9 Å². The second-order valence-corrected chi connectivity index (χ2v) is 6.05. The molecule has 1 amide bonds. The van der Waals surface area contributed by atoms with Gasteiger partial charge in [-0.3, -0.25) is 4.79 Å². The summed E-state index contributed by atoms with van der Waals surface area (Å²) < 4.78 is 27.4. The van der Waals surface area contributed by atoms with Gasteiger partial charge in [0.2, 0.25) is 5.91 Å². The van der Waals surface area contributed by atoms with Gasteiger partial charge in [-0.15, -0.1) is 0 Å². The van der Waals surface area contributed by atoms with E-state index in [4.69, 9.17) is 23.7 Å². The van der Waals surface area contributed by atoms with E-state index < -0.39 is 0 Å². The molecular weight excluding hydrogens is 374 g/mol. The minimum atomic E-state index is -0.0991. The predicted octanol–water partition coefficient (Wildman–Crippen LogP) is 3.15. The number of para-hydroxylation sites is 1. The lowest BCUT2D eigenvalue weighted by atomic mass is 10.3. The summed E-state index contributed by atoms with van der Waals surface area (Å²) in [4.78, 5) is 11.0. The van der Waals surface area contributed by atoms with Crippen molar-refractivity contribution in [1.82, 2.24) is 0 Å². The van der Waals surface area contributed by atoms with Crippen molar-refractivity contribution in [3.05, 3.63) is 54.6 Å². The van der Waals surface area contributed by atoms with E-state index in [1.807, 2.05) is 30.3 Å². The van der Waals surface area contributed by atoms with Crippen molar-refractivity contribution in [2.45, 2.75) is 6.92 Å². The van der Waals surface area contributed by atoms with Crippen molar-refractivity contribution in [3.63, 3.8) is 0 Å². The Bertz CT molecular complexity index is 677. The van der Waals surface area contributed by atoms with Crippen molar-refractivity contribution in [2.75, 3.05) is 58.2 Å². The van der Waals surface area contributed by atoms with Gasteiger partial charge < -0.3 is 29.0 Å². The summed E-state index contributed by atoms with van der Waals surface area (Å²) in [6.07, 6.45) is 0. The Morgan fingerprint density at radius 1 is 0.655 bits per heavy atom. The Labute approximate surface area is 171 Å². The lowest BCUT2D eigenvalue weighted by molar-refractivity contribution is -0.114. The molecular formula is C22H29NO6. The van der Waals surface area contributed by atoms with Gasteiger partial charge in [-0.25, -0.2) is 0 Å². The van der Waals surface area contributed by atoms with Crippen molar-refractivity contribution >= 4 is 11.6 Å². The summed E-state index contributed by atoms with van der Waals surface area (Å²) in [6.45, 7) is 5.49. The van der Waals surface area contributed by atoms with Crippen LogP contribution >= 0.6 is 0 Å². The number of benzene rings is 2. The van der Waals surface area contributed by atoms with Crippen LogP contribution in [0.5, 0.6) is 11.5 Å². The van der Waals surface area contributed by atoms with Crippen LogP contribution < -0.4 is 14.8 Å². The summed E-state index contributed by atoms with van der Waals surface area (Å²) in [6, 6.07) is 16.8. The highest BCUT2D eigenvalue weighted by Gasteiger charge is 1.98. The Morgan fingerprint density at radius 3 is 1.59 bits per heavy atom. The first-order valence-corrected chi connectivity index (χ1v) is 9.65. The van der Waals surface area contributed by atoms with E-state index in [-0.39, 0.29) is 5.91 Å². The van der Waals surface area contributed by atoms with Crippen molar-refractivity contribution in [3.8, 4) is 11.5 Å². The first-order chi connectivity index (χ1) is 14.2. The third-order valence-electron chi connectivity index (χ3n) is 3.65. The number of amides is 1. The summed E-state index contributed by atoms with van der Waals surface area (Å²) in [5.74, 6) is 1.47. The molecule has 0 bridgehead atoms. The molecule has 0 unspecified atom stereocenters. The molecule has 0 spiro atoms. The number of rotatable bonds is 15. The minimum absolute atomic E-state index is 0.0991. The molecule has 0 saturated carbocycles. The van der Waals surface area contributed by atoms with Gasteiger partial charge >= 0.3 is 0 Å². The number of ether oxygens (including phenoxy) is 5. The third kappa shape index (κ3) is 11.1. The van der Waals surface area contributed by atoms with Crippen LogP contribution in [0.3, 0.4) is 0 Å².